The maximum atomic E-state index is 14.4. The number of amides is 4. The summed E-state index contributed by atoms with van der Waals surface area (Å²) in [5.41, 5.74) is 0.430. The second-order valence-corrected chi connectivity index (χ2v) is 14.7. The van der Waals surface area contributed by atoms with Crippen LogP contribution in [0.25, 0.3) is 0 Å². The molecule has 2 aromatic carbocycles. The molecule has 1 saturated heterocycles. The summed E-state index contributed by atoms with van der Waals surface area (Å²) in [6.07, 6.45) is 8.72. The number of rotatable bonds is 7. The number of halogens is 3. The van der Waals surface area contributed by atoms with Gasteiger partial charge in [0.1, 0.15) is 23.5 Å². The molecule has 3 aliphatic heterocycles. The number of nitrogens with one attached hydrogen (secondary N) is 3. The zero-order valence-corrected chi connectivity index (χ0v) is 28.5. The van der Waals surface area contributed by atoms with Crippen molar-refractivity contribution in [1.29, 1.82) is 0 Å². The van der Waals surface area contributed by atoms with Gasteiger partial charge < -0.3 is 25.6 Å². The lowest BCUT2D eigenvalue weighted by molar-refractivity contribution is -0.141. The average molecular weight is 708 g/mol. The van der Waals surface area contributed by atoms with Gasteiger partial charge in [0.15, 0.2) is 11.6 Å². The molecule has 5 aliphatic rings. The van der Waals surface area contributed by atoms with Crippen LogP contribution in [0.5, 0.6) is 0 Å². The van der Waals surface area contributed by atoms with E-state index in [2.05, 4.69) is 22.0 Å². The molecule has 3 N–H and O–H groups in total. The van der Waals surface area contributed by atoms with Crippen molar-refractivity contribution in [1.82, 2.24) is 25.8 Å². The molecule has 51 heavy (non-hydrogen) atoms. The Hall–Kier alpha value is -4.39. The molecule has 2 saturated carbocycles. The van der Waals surface area contributed by atoms with Gasteiger partial charge in [0.25, 0.3) is 0 Å². The summed E-state index contributed by atoms with van der Waals surface area (Å²) in [5, 5.41) is 9.25. The van der Waals surface area contributed by atoms with Crippen molar-refractivity contribution in [3.63, 3.8) is 0 Å². The van der Waals surface area contributed by atoms with Crippen molar-refractivity contribution in [3.8, 4) is 0 Å². The van der Waals surface area contributed by atoms with E-state index >= 15 is 0 Å². The maximum absolute atomic E-state index is 14.4. The van der Waals surface area contributed by atoms with Crippen LogP contribution in [0.3, 0.4) is 0 Å². The molecule has 2 aliphatic carbocycles. The summed E-state index contributed by atoms with van der Waals surface area (Å²) in [4.78, 5) is 58.3. The van der Waals surface area contributed by atoms with Gasteiger partial charge >= 0.3 is 6.09 Å². The van der Waals surface area contributed by atoms with Crippen LogP contribution in [0.1, 0.15) is 74.5 Å². The van der Waals surface area contributed by atoms with E-state index in [9.17, 15) is 32.3 Å². The molecule has 10 nitrogen and oxygen atoms in total. The second-order valence-electron chi connectivity index (χ2n) is 14.7. The highest BCUT2D eigenvalue weighted by molar-refractivity contribution is 5.98. The third kappa shape index (κ3) is 7.78. The third-order valence-corrected chi connectivity index (χ3v) is 10.9. The van der Waals surface area contributed by atoms with E-state index in [4.69, 9.17) is 4.74 Å². The highest BCUT2D eigenvalue weighted by atomic mass is 19.2. The molecule has 0 spiro atoms. The van der Waals surface area contributed by atoms with Gasteiger partial charge in [-0.1, -0.05) is 43.2 Å². The minimum Gasteiger partial charge on any atom is -0.444 e. The van der Waals surface area contributed by atoms with Gasteiger partial charge in [0.2, 0.25) is 17.7 Å². The summed E-state index contributed by atoms with van der Waals surface area (Å²) in [7, 11) is 0. The predicted molar refractivity (Wildman–Crippen MR) is 180 cm³/mol. The number of nitrogens with zero attached hydrogens (tertiary/aromatic N) is 2. The van der Waals surface area contributed by atoms with Crippen molar-refractivity contribution in [2.45, 2.75) is 101 Å². The highest BCUT2D eigenvalue weighted by Crippen LogP contribution is 2.46. The normalized spacial score (nSPS) is 28.5. The SMILES string of the molecule is O=C1N[C@]2(C(=O)NCC3CC3)C[C@@H]2/C=C\CCCCC[C@H](NCc2ccc(F)c(F)c2)C(=O)N2C[C@H](OC(=O)N3Cc4cccc(F)c4C3)C[C@@H]12. The fourth-order valence-electron chi connectivity index (χ4n) is 7.56. The molecular formula is C38H44F3N5O5. The van der Waals surface area contributed by atoms with Crippen LogP contribution >= 0.6 is 0 Å². The Balaban J connectivity index is 1.11. The van der Waals surface area contributed by atoms with Gasteiger partial charge in [-0.15, -0.1) is 0 Å². The first-order chi connectivity index (χ1) is 24.6. The van der Waals surface area contributed by atoms with E-state index in [1.807, 2.05) is 6.08 Å². The van der Waals surface area contributed by atoms with E-state index in [1.165, 1.54) is 21.9 Å². The summed E-state index contributed by atoms with van der Waals surface area (Å²) in [6.45, 7) is 0.787. The van der Waals surface area contributed by atoms with Crippen LogP contribution in [0.15, 0.2) is 48.6 Å². The van der Waals surface area contributed by atoms with E-state index in [0.29, 0.717) is 48.4 Å². The van der Waals surface area contributed by atoms with E-state index in [-0.39, 0.29) is 50.3 Å². The van der Waals surface area contributed by atoms with Crippen LogP contribution < -0.4 is 16.0 Å². The lowest BCUT2D eigenvalue weighted by Crippen LogP contribution is -2.57. The van der Waals surface area contributed by atoms with Crippen molar-refractivity contribution in [2.24, 2.45) is 11.8 Å². The Morgan fingerprint density at radius 3 is 2.61 bits per heavy atom. The summed E-state index contributed by atoms with van der Waals surface area (Å²) in [5.74, 6) is -3.24. The van der Waals surface area contributed by atoms with Crippen molar-refractivity contribution in [3.05, 3.63) is 82.7 Å². The van der Waals surface area contributed by atoms with E-state index in [0.717, 1.165) is 44.2 Å². The topological polar surface area (TPSA) is 120 Å². The highest BCUT2D eigenvalue weighted by Gasteiger charge is 2.61. The number of hydrogen-bond acceptors (Lipinski definition) is 6. The van der Waals surface area contributed by atoms with Crippen LogP contribution in [-0.4, -0.2) is 70.4 Å². The zero-order chi connectivity index (χ0) is 35.7. The standard InChI is InChI=1S/C38H44F3N5O5/c39-29-9-6-7-25-20-45(22-28(25)29)37(50)51-27-16-33-34(47)44-38(36(49)43-18-23-11-12-23)17-26(38)8-4-2-1-3-5-10-32(35(48)46(33)21-27)42-19-24-13-14-30(40)31(41)15-24/h4,6-9,13-15,23,26-27,32-33,42H,1-3,5,10-12,16-22H2,(H,43,49)(H,44,47)/b8-4-/t26-,27+,32-,33-,38+/m0/s1. The number of carbonyl (C=O) groups is 4. The van der Waals surface area contributed by atoms with E-state index in [1.54, 1.807) is 12.1 Å². The largest absolute Gasteiger partial charge is 0.444 e. The van der Waals surface area contributed by atoms with Crippen LogP contribution in [0.2, 0.25) is 0 Å². The van der Waals surface area contributed by atoms with Crippen LogP contribution in [0, 0.1) is 29.3 Å². The molecule has 0 radical (unpaired) electrons. The molecular weight excluding hydrogens is 663 g/mol. The number of carbonyl (C=O) groups excluding carboxylic acids is 4. The van der Waals surface area contributed by atoms with Gasteiger partial charge in [-0.3, -0.25) is 19.3 Å². The molecule has 2 aromatic rings. The first-order valence-electron chi connectivity index (χ1n) is 18.1. The number of benzene rings is 2. The Labute approximate surface area is 295 Å². The van der Waals surface area contributed by atoms with Gasteiger partial charge in [-0.2, -0.15) is 0 Å². The first kappa shape index (κ1) is 35.0. The smallest absolute Gasteiger partial charge is 0.410 e. The Morgan fingerprint density at radius 2 is 1.82 bits per heavy atom. The molecule has 272 valence electrons. The molecule has 3 fully saturated rings. The van der Waals surface area contributed by atoms with Crippen molar-refractivity contribution >= 4 is 23.8 Å². The van der Waals surface area contributed by atoms with Gasteiger partial charge in [0, 0.05) is 37.5 Å². The molecule has 3 heterocycles. The average Bonchev–Trinajstić information content (AvgIpc) is 3.97. The molecule has 0 unspecified atom stereocenters. The van der Waals surface area contributed by atoms with Gasteiger partial charge in [-0.25, -0.2) is 18.0 Å². The molecule has 0 aromatic heterocycles. The lowest BCUT2D eigenvalue weighted by atomic mass is 10.0. The quantitative estimate of drug-likeness (QED) is 0.362. The van der Waals surface area contributed by atoms with E-state index < -0.39 is 53.2 Å². The third-order valence-electron chi connectivity index (χ3n) is 10.9. The molecule has 4 amide bonds. The lowest BCUT2D eigenvalue weighted by Gasteiger charge is -2.30. The maximum Gasteiger partial charge on any atom is 0.410 e. The number of fused-ring (bicyclic) bond motifs is 3. The summed E-state index contributed by atoms with van der Waals surface area (Å²) in [6, 6.07) is 6.43. The number of allylic oxidation sites excluding steroid dienone is 1. The Morgan fingerprint density at radius 1 is 0.980 bits per heavy atom. The molecule has 13 heteroatoms. The summed E-state index contributed by atoms with van der Waals surface area (Å²) >= 11 is 0. The molecule has 5 atom stereocenters. The number of hydrogen-bond donors (Lipinski definition) is 3. The molecule has 0 bridgehead atoms. The fraction of sp³-hybridized carbons (Fsp3) is 0.526. The number of ether oxygens (including phenoxy) is 1. The van der Waals surface area contributed by atoms with Gasteiger partial charge in [-0.05, 0) is 73.8 Å². The van der Waals surface area contributed by atoms with Crippen molar-refractivity contribution in [2.75, 3.05) is 13.1 Å². The van der Waals surface area contributed by atoms with Gasteiger partial charge in [0.05, 0.1) is 19.1 Å². The summed E-state index contributed by atoms with van der Waals surface area (Å²) < 4.78 is 47.9. The monoisotopic (exact) mass is 707 g/mol. The predicted octanol–water partition coefficient (Wildman–Crippen LogP) is 4.61. The Bertz CT molecular complexity index is 1720. The Kier molecular flexibility index (Phi) is 10.1. The second kappa shape index (κ2) is 14.7. The fourth-order valence-corrected chi connectivity index (χ4v) is 7.56. The zero-order valence-electron chi connectivity index (χ0n) is 28.5. The first-order valence-corrected chi connectivity index (χ1v) is 18.1. The van der Waals surface area contributed by atoms with Crippen molar-refractivity contribution < 1.29 is 37.1 Å². The van der Waals surface area contributed by atoms with Crippen LogP contribution in [0.4, 0.5) is 18.0 Å². The van der Waals surface area contributed by atoms with Crippen LogP contribution in [-0.2, 0) is 38.8 Å². The minimum absolute atomic E-state index is 0.00857. The minimum atomic E-state index is -1.14. The molecule has 7 rings (SSSR count).